The molecule has 7 nitrogen and oxygen atoms in total. The number of thiophene rings is 2. The van der Waals surface area contributed by atoms with Crippen molar-refractivity contribution in [3.8, 4) is 17.2 Å². The zero-order valence-electron chi connectivity index (χ0n) is 60.9. The second kappa shape index (κ2) is 51.4. The van der Waals surface area contributed by atoms with Crippen molar-refractivity contribution in [2.75, 3.05) is 26.4 Å². The van der Waals surface area contributed by atoms with Gasteiger partial charge in [-0.3, -0.25) is 9.59 Å². The van der Waals surface area contributed by atoms with Gasteiger partial charge in [-0.2, -0.15) is 0 Å². The number of carbonyl (C=O) groups is 2. The van der Waals surface area contributed by atoms with E-state index in [1.165, 1.54) is 295 Å². The first-order valence-corrected chi connectivity index (χ1v) is 41.5. The third-order valence-electron chi connectivity index (χ3n) is 20.1. The summed E-state index contributed by atoms with van der Waals surface area (Å²) in [4.78, 5) is 36.0. The lowest BCUT2D eigenvalue weighted by Crippen LogP contribution is -2.29. The first-order valence-electron chi connectivity index (χ1n) is 39.7. The minimum Gasteiger partial charge on any atom is -0.489 e. The highest BCUT2D eigenvalue weighted by Crippen LogP contribution is 2.50. The zero-order chi connectivity index (χ0) is 66.2. The van der Waals surface area contributed by atoms with Crippen LogP contribution >= 0.6 is 22.7 Å². The molecule has 5 rings (SSSR count). The van der Waals surface area contributed by atoms with Gasteiger partial charge >= 0.3 is 0 Å². The van der Waals surface area contributed by atoms with Crippen molar-refractivity contribution in [1.82, 2.24) is 9.80 Å². The highest BCUT2D eigenvalue weighted by atomic mass is 32.1. The van der Waals surface area contributed by atoms with E-state index in [4.69, 9.17) is 14.2 Å². The number of hydrogen-bond acceptors (Lipinski definition) is 7. The normalized spacial score (nSPS) is 14.3. The molecule has 4 heterocycles. The molecule has 2 amide bonds. The zero-order valence-corrected chi connectivity index (χ0v) is 62.5. The molecule has 0 N–H and O–H groups in total. The summed E-state index contributed by atoms with van der Waals surface area (Å²) in [6, 6.07) is 12.5. The van der Waals surface area contributed by atoms with E-state index in [1.54, 1.807) is 33.6 Å². The van der Waals surface area contributed by atoms with Gasteiger partial charge in [-0.15, -0.1) is 29.3 Å². The Kier molecular flexibility index (Phi) is 44.1. The summed E-state index contributed by atoms with van der Waals surface area (Å²) in [5.41, 5.74) is 3.29. The lowest BCUT2D eigenvalue weighted by Gasteiger charge is -2.26. The van der Waals surface area contributed by atoms with E-state index in [1.807, 2.05) is 28.5 Å². The van der Waals surface area contributed by atoms with Gasteiger partial charge in [0.05, 0.1) is 58.7 Å². The summed E-state index contributed by atoms with van der Waals surface area (Å²) in [5.74, 6) is 3.24. The molecule has 3 atom stereocenters. The van der Waals surface area contributed by atoms with Gasteiger partial charge in [0, 0.05) is 6.54 Å². The number of fused-ring (bicyclic) bond motifs is 1. The van der Waals surface area contributed by atoms with E-state index in [-0.39, 0.29) is 18.4 Å². The third-order valence-corrected chi connectivity index (χ3v) is 21.9. The first kappa shape index (κ1) is 79.9. The molecule has 0 radical (unpaired) electrons. The van der Waals surface area contributed by atoms with E-state index in [0.717, 1.165) is 45.4 Å². The maximum Gasteiger partial charge on any atom is 0.261 e. The summed E-state index contributed by atoms with van der Waals surface area (Å²) in [6.07, 6.45) is 63.6. The van der Waals surface area contributed by atoms with Crippen LogP contribution in [0.4, 0.5) is 0 Å². The highest BCUT2D eigenvalue weighted by molar-refractivity contribution is 7.11. The monoisotopic (exact) mass is 1320 g/mol. The summed E-state index contributed by atoms with van der Waals surface area (Å²) in [6.45, 7) is 20.4. The summed E-state index contributed by atoms with van der Waals surface area (Å²) < 4.78 is 22.4. The molecular formula is C84H138N2O5S2. The molecule has 0 aliphatic carbocycles. The van der Waals surface area contributed by atoms with Gasteiger partial charge in [0.15, 0.2) is 11.5 Å². The number of carbonyl (C=O) groups excluding carboxylic acids is 2. The average molecular weight is 1320 g/mol. The predicted octanol–water partition coefficient (Wildman–Crippen LogP) is 26.8. The fraction of sp³-hybridized carbons (Fsp3) is 0.738. The van der Waals surface area contributed by atoms with Crippen LogP contribution in [0.15, 0.2) is 71.0 Å². The topological polar surface area (TPSA) is 68.3 Å². The van der Waals surface area contributed by atoms with Gasteiger partial charge in [0.25, 0.3) is 11.8 Å². The van der Waals surface area contributed by atoms with E-state index in [2.05, 4.69) is 71.7 Å². The minimum atomic E-state index is -0.146. The van der Waals surface area contributed by atoms with Gasteiger partial charge in [-0.25, -0.2) is 0 Å². The number of benzene rings is 1. The van der Waals surface area contributed by atoms with Crippen molar-refractivity contribution in [2.24, 2.45) is 17.8 Å². The van der Waals surface area contributed by atoms with E-state index in [0.29, 0.717) is 66.7 Å². The lowest BCUT2D eigenvalue weighted by atomic mass is 9.94. The van der Waals surface area contributed by atoms with Crippen molar-refractivity contribution in [3.05, 3.63) is 86.3 Å². The molecule has 0 saturated heterocycles. The number of hydrogen-bond donors (Lipinski definition) is 0. The van der Waals surface area contributed by atoms with Gasteiger partial charge in [-0.1, -0.05) is 329 Å². The van der Waals surface area contributed by atoms with Crippen molar-refractivity contribution >= 4 is 45.9 Å². The highest BCUT2D eigenvalue weighted by Gasteiger charge is 2.49. The van der Waals surface area contributed by atoms with Crippen LogP contribution in [0.2, 0.25) is 0 Å². The maximum absolute atomic E-state index is 15.6. The Hall–Kier alpha value is -3.82. The smallest absolute Gasteiger partial charge is 0.261 e. The average Bonchev–Trinajstić information content (AvgIpc) is 1.56. The number of nitrogens with zero attached hydrogens (tertiary/aromatic N) is 2. The Bertz CT molecular complexity index is 2380. The Labute approximate surface area is 579 Å². The van der Waals surface area contributed by atoms with Crippen LogP contribution in [0.1, 0.15) is 365 Å². The molecule has 93 heavy (non-hydrogen) atoms. The van der Waals surface area contributed by atoms with Crippen molar-refractivity contribution in [1.29, 1.82) is 0 Å². The fourth-order valence-corrected chi connectivity index (χ4v) is 15.9. The molecular weight excluding hydrogens is 1180 g/mol. The number of amides is 2. The maximum atomic E-state index is 15.6. The largest absolute Gasteiger partial charge is 0.489 e. The van der Waals surface area contributed by atoms with Crippen LogP contribution in [0.5, 0.6) is 17.2 Å². The molecule has 2 aromatic heterocycles. The fourth-order valence-electron chi connectivity index (χ4n) is 14.3. The first-order chi connectivity index (χ1) is 45.8. The number of rotatable bonds is 63. The Morgan fingerprint density at radius 1 is 0.387 bits per heavy atom. The van der Waals surface area contributed by atoms with Crippen LogP contribution in [0.25, 0.3) is 11.4 Å². The van der Waals surface area contributed by atoms with Crippen LogP contribution in [0, 0.1) is 17.8 Å². The van der Waals surface area contributed by atoms with Gasteiger partial charge in [0.2, 0.25) is 5.75 Å². The summed E-state index contributed by atoms with van der Waals surface area (Å²) in [7, 11) is 0. The summed E-state index contributed by atoms with van der Waals surface area (Å²) >= 11 is 3.15. The SMILES string of the molecule is C=CCN1C(=O)C2=C(c3cccs3)N(Cc3cc(OCC(CCCCCCCC)CCCCCCCCCC)c(OCC(CCCCCCCC)CCCCCCCCCC)c(OCC(CCCCCCCC)CCCCCCCCCC)c3)C(=O)C2=C1c1cccs1. The molecule has 2 aliphatic heterocycles. The van der Waals surface area contributed by atoms with Crippen LogP contribution in [0.3, 0.4) is 0 Å². The van der Waals surface area contributed by atoms with Crippen LogP contribution in [-0.2, 0) is 16.1 Å². The Morgan fingerprint density at radius 3 is 0.957 bits per heavy atom. The van der Waals surface area contributed by atoms with Crippen molar-refractivity contribution < 1.29 is 23.8 Å². The molecule has 0 saturated carbocycles. The van der Waals surface area contributed by atoms with Crippen molar-refractivity contribution in [3.63, 3.8) is 0 Å². The Balaban J connectivity index is 1.60. The predicted molar refractivity (Wildman–Crippen MR) is 404 cm³/mol. The quantitative estimate of drug-likeness (QED) is 0.0416. The molecule has 3 unspecified atom stereocenters. The molecule has 0 bridgehead atoms. The van der Waals surface area contributed by atoms with Gasteiger partial charge in [0.1, 0.15) is 0 Å². The molecule has 3 aromatic rings. The van der Waals surface area contributed by atoms with E-state index in [9.17, 15) is 4.79 Å². The van der Waals surface area contributed by atoms with E-state index < -0.39 is 0 Å². The second-order valence-electron chi connectivity index (χ2n) is 28.4. The molecule has 9 heteroatoms. The van der Waals surface area contributed by atoms with Crippen molar-refractivity contribution in [2.45, 2.75) is 356 Å². The molecule has 2 aliphatic rings. The van der Waals surface area contributed by atoms with Gasteiger partial charge < -0.3 is 24.0 Å². The van der Waals surface area contributed by atoms with E-state index >= 15 is 4.79 Å². The molecule has 526 valence electrons. The lowest BCUT2D eigenvalue weighted by molar-refractivity contribution is -0.124. The standard InChI is InChI=1S/C84H138N2O5S2/c1-8-15-21-27-33-36-42-48-55-70(53-45-39-30-24-18-11-4)67-89-74-64-73(66-86-81(77-60-52-63-93-77)79-78(84(86)88)80(76-59-51-62-92-76)85(61-14-7)83(79)87)65-75(90-68-71(54-46-40-31-25-19-12-5)56-49-43-37-34-28-22-16-9-2)82(74)91-69-72(57-47-41-32-26-20-13-6)58-50-44-38-35-29-23-17-10-3/h14,51-52,59-60,62-65,70-72H,7-13,15-50,53-58,61,66-69H2,1-6H3. The minimum absolute atomic E-state index is 0.144. The Morgan fingerprint density at radius 2 is 0.667 bits per heavy atom. The van der Waals surface area contributed by atoms with Crippen LogP contribution in [-0.4, -0.2) is 48.0 Å². The third kappa shape index (κ3) is 30.6. The molecule has 0 spiro atoms. The molecule has 1 aromatic carbocycles. The number of unbranched alkanes of at least 4 members (excludes halogenated alkanes) is 36. The van der Waals surface area contributed by atoms with Gasteiger partial charge in [-0.05, 0) is 96.9 Å². The van der Waals surface area contributed by atoms with Crippen LogP contribution < -0.4 is 14.2 Å². The summed E-state index contributed by atoms with van der Waals surface area (Å²) in [5, 5.41) is 4.08. The second-order valence-corrected chi connectivity index (χ2v) is 30.3. The molecule has 0 fully saturated rings. The number of ether oxygens (including phenoxy) is 3.